The highest BCUT2D eigenvalue weighted by Crippen LogP contribution is 2.47. The minimum Gasteiger partial charge on any atom is -0.469 e. The molecule has 2 N–H and O–H groups in total. The van der Waals surface area contributed by atoms with Gasteiger partial charge in [-0.1, -0.05) is 0 Å². The maximum atomic E-state index is 12.2. The number of esters is 1. The number of carbonyl (C=O) groups excluding carboxylic acids is 1. The van der Waals surface area contributed by atoms with Crippen LogP contribution in [0.5, 0.6) is 0 Å². The number of nitrogens with one attached hydrogen (secondary N) is 1. The molecule has 2 heterocycles. The van der Waals surface area contributed by atoms with Gasteiger partial charge in [0.25, 0.3) is 0 Å². The number of ether oxygens (including phenoxy) is 1. The van der Waals surface area contributed by atoms with Crippen molar-refractivity contribution >= 4 is 17.7 Å². The van der Waals surface area contributed by atoms with Gasteiger partial charge >= 0.3 is 5.97 Å². The van der Waals surface area contributed by atoms with Crippen molar-refractivity contribution in [2.45, 2.75) is 31.3 Å². The van der Waals surface area contributed by atoms with Crippen LogP contribution in [0.1, 0.15) is 25.7 Å². The Hall–Kier alpha value is -0.260. The second-order valence-corrected chi connectivity index (χ2v) is 6.19. The molecule has 98 valence electrons. The number of carbonyl (C=O) groups is 1. The summed E-state index contributed by atoms with van der Waals surface area (Å²) >= 11 is 1.85. The van der Waals surface area contributed by atoms with Gasteiger partial charge in [-0.2, -0.15) is 11.8 Å². The molecular formula is C12H21NO3S. The zero-order valence-corrected chi connectivity index (χ0v) is 11.1. The van der Waals surface area contributed by atoms with E-state index in [1.54, 1.807) is 0 Å². The lowest BCUT2D eigenvalue weighted by molar-refractivity contribution is -0.179. The van der Waals surface area contributed by atoms with Gasteiger partial charge in [-0.15, -0.1) is 0 Å². The largest absolute Gasteiger partial charge is 0.469 e. The normalized spacial score (nSPS) is 27.4. The molecule has 0 atom stereocenters. The highest BCUT2D eigenvalue weighted by atomic mass is 32.2. The molecule has 0 bridgehead atoms. The summed E-state index contributed by atoms with van der Waals surface area (Å²) in [6.45, 7) is 1.56. The molecule has 2 saturated heterocycles. The van der Waals surface area contributed by atoms with Crippen molar-refractivity contribution in [3.63, 3.8) is 0 Å². The topological polar surface area (TPSA) is 58.6 Å². The first-order valence-corrected chi connectivity index (χ1v) is 7.39. The van der Waals surface area contributed by atoms with Gasteiger partial charge in [-0.3, -0.25) is 4.79 Å². The van der Waals surface area contributed by atoms with Gasteiger partial charge < -0.3 is 15.2 Å². The molecule has 0 aromatic carbocycles. The number of thioether (sulfide) groups is 1. The molecule has 0 radical (unpaired) electrons. The van der Waals surface area contributed by atoms with Crippen molar-refractivity contribution in [3.8, 4) is 0 Å². The zero-order chi connectivity index (χ0) is 12.4. The molecule has 0 aromatic heterocycles. The second-order valence-electron chi connectivity index (χ2n) is 4.97. The van der Waals surface area contributed by atoms with E-state index < -0.39 is 11.0 Å². The fraction of sp³-hybridized carbons (Fsp3) is 0.917. The Labute approximate surface area is 106 Å². The smallest absolute Gasteiger partial charge is 0.314 e. The van der Waals surface area contributed by atoms with Gasteiger partial charge in [0.2, 0.25) is 0 Å². The number of aliphatic hydroxyl groups is 1. The van der Waals surface area contributed by atoms with Gasteiger partial charge in [0.05, 0.1) is 18.1 Å². The first kappa shape index (κ1) is 13.2. The SMILES string of the molecule is COC(=O)C1(C2(O)CCSCC2)CCNCC1. The fourth-order valence-corrected chi connectivity index (χ4v) is 4.26. The monoisotopic (exact) mass is 259 g/mol. The van der Waals surface area contributed by atoms with Crippen molar-refractivity contribution < 1.29 is 14.6 Å². The third-order valence-electron chi connectivity index (χ3n) is 4.24. The van der Waals surface area contributed by atoms with Crippen molar-refractivity contribution in [2.75, 3.05) is 31.7 Å². The number of hydrogen-bond donors (Lipinski definition) is 2. The van der Waals surface area contributed by atoms with E-state index in [1.165, 1.54) is 7.11 Å². The van der Waals surface area contributed by atoms with Crippen molar-refractivity contribution in [3.05, 3.63) is 0 Å². The van der Waals surface area contributed by atoms with E-state index in [1.807, 2.05) is 11.8 Å². The molecule has 0 aromatic rings. The Morgan fingerprint density at radius 2 is 1.82 bits per heavy atom. The number of hydrogen-bond acceptors (Lipinski definition) is 5. The quantitative estimate of drug-likeness (QED) is 0.718. The number of piperidine rings is 1. The van der Waals surface area contributed by atoms with Crippen molar-refractivity contribution in [1.82, 2.24) is 5.32 Å². The molecule has 4 nitrogen and oxygen atoms in total. The molecule has 2 rings (SSSR count). The Balaban J connectivity index is 2.27. The molecule has 0 saturated carbocycles. The Morgan fingerprint density at radius 3 is 2.35 bits per heavy atom. The minimum absolute atomic E-state index is 0.228. The van der Waals surface area contributed by atoms with Crippen LogP contribution in [0, 0.1) is 5.41 Å². The van der Waals surface area contributed by atoms with Crippen LogP contribution in [-0.4, -0.2) is 48.4 Å². The number of rotatable bonds is 2. The van der Waals surface area contributed by atoms with E-state index in [9.17, 15) is 9.90 Å². The summed E-state index contributed by atoms with van der Waals surface area (Å²) in [5.74, 6) is 1.64. The Morgan fingerprint density at radius 1 is 1.24 bits per heavy atom. The van der Waals surface area contributed by atoms with Gasteiger partial charge in [0.1, 0.15) is 0 Å². The molecule has 5 heteroatoms. The van der Waals surface area contributed by atoms with Crippen LogP contribution in [-0.2, 0) is 9.53 Å². The van der Waals surface area contributed by atoms with Crippen molar-refractivity contribution in [1.29, 1.82) is 0 Å². The van der Waals surface area contributed by atoms with Gasteiger partial charge in [-0.05, 0) is 50.3 Å². The summed E-state index contributed by atoms with van der Waals surface area (Å²) in [5, 5.41) is 14.2. The highest BCUT2D eigenvalue weighted by Gasteiger charge is 2.56. The lowest BCUT2D eigenvalue weighted by atomic mass is 9.63. The van der Waals surface area contributed by atoms with Crippen LogP contribution in [0.4, 0.5) is 0 Å². The summed E-state index contributed by atoms with van der Waals surface area (Å²) in [7, 11) is 1.42. The van der Waals surface area contributed by atoms with E-state index >= 15 is 0 Å². The minimum atomic E-state index is -0.868. The molecule has 17 heavy (non-hydrogen) atoms. The highest BCUT2D eigenvalue weighted by molar-refractivity contribution is 7.99. The Kier molecular flexibility index (Phi) is 4.00. The first-order valence-electron chi connectivity index (χ1n) is 6.24. The molecule has 2 aliphatic rings. The van der Waals surface area contributed by atoms with Crippen LogP contribution >= 0.6 is 11.8 Å². The molecule has 0 unspecified atom stereocenters. The van der Waals surface area contributed by atoms with Crippen LogP contribution < -0.4 is 5.32 Å². The van der Waals surface area contributed by atoms with Crippen LogP contribution in [0.15, 0.2) is 0 Å². The van der Waals surface area contributed by atoms with Crippen LogP contribution in [0.25, 0.3) is 0 Å². The summed E-state index contributed by atoms with van der Waals surface area (Å²) in [6, 6.07) is 0. The maximum absolute atomic E-state index is 12.2. The fourth-order valence-electron chi connectivity index (χ4n) is 3.10. The molecular weight excluding hydrogens is 238 g/mol. The van der Waals surface area contributed by atoms with E-state index in [4.69, 9.17) is 4.74 Å². The molecule has 0 spiro atoms. The molecule has 2 fully saturated rings. The van der Waals surface area contributed by atoms with Gasteiger partial charge in [-0.25, -0.2) is 0 Å². The lowest BCUT2D eigenvalue weighted by Crippen LogP contribution is -2.59. The van der Waals surface area contributed by atoms with E-state index in [0.717, 1.165) is 24.6 Å². The third kappa shape index (κ3) is 2.20. The van der Waals surface area contributed by atoms with Gasteiger partial charge in [0.15, 0.2) is 0 Å². The van der Waals surface area contributed by atoms with Crippen LogP contribution in [0.3, 0.4) is 0 Å². The van der Waals surface area contributed by atoms with E-state index in [2.05, 4.69) is 5.32 Å². The second kappa shape index (κ2) is 5.16. The summed E-state index contributed by atoms with van der Waals surface area (Å²) in [5.41, 5.74) is -1.55. The standard InChI is InChI=1S/C12H21NO3S/c1-16-10(14)11(2-6-13-7-3-11)12(15)4-8-17-9-5-12/h13,15H,2-9H2,1H3. The molecule has 2 aliphatic heterocycles. The zero-order valence-electron chi connectivity index (χ0n) is 10.3. The molecule has 0 amide bonds. The molecule has 0 aliphatic carbocycles. The first-order chi connectivity index (χ1) is 8.15. The summed E-state index contributed by atoms with van der Waals surface area (Å²) in [4.78, 5) is 12.2. The third-order valence-corrected chi connectivity index (χ3v) is 5.23. The predicted octanol–water partition coefficient (Wildman–Crippen LogP) is 0.787. The number of methoxy groups -OCH3 is 1. The lowest BCUT2D eigenvalue weighted by Gasteiger charge is -2.49. The predicted molar refractivity (Wildman–Crippen MR) is 68.1 cm³/mol. The van der Waals surface area contributed by atoms with Crippen LogP contribution in [0.2, 0.25) is 0 Å². The van der Waals surface area contributed by atoms with Crippen molar-refractivity contribution in [2.24, 2.45) is 5.41 Å². The summed E-state index contributed by atoms with van der Waals surface area (Å²) in [6.07, 6.45) is 2.77. The van der Waals surface area contributed by atoms with E-state index in [0.29, 0.717) is 25.7 Å². The maximum Gasteiger partial charge on any atom is 0.314 e. The average molecular weight is 259 g/mol. The average Bonchev–Trinajstić information content (AvgIpc) is 2.39. The van der Waals surface area contributed by atoms with E-state index in [-0.39, 0.29) is 5.97 Å². The Bertz CT molecular complexity index is 283. The summed E-state index contributed by atoms with van der Waals surface area (Å²) < 4.78 is 4.98. The van der Waals surface area contributed by atoms with Gasteiger partial charge in [0, 0.05) is 0 Å².